The summed E-state index contributed by atoms with van der Waals surface area (Å²) in [5.41, 5.74) is 0.566. The lowest BCUT2D eigenvalue weighted by Gasteiger charge is -2.07. The van der Waals surface area contributed by atoms with E-state index in [0.717, 1.165) is 0 Å². The fourth-order valence-corrected chi connectivity index (χ4v) is 1.76. The summed E-state index contributed by atoms with van der Waals surface area (Å²) in [6, 6.07) is 15.5. The van der Waals surface area contributed by atoms with Crippen LogP contribution in [0.2, 0.25) is 5.02 Å². The fourth-order valence-electron chi connectivity index (χ4n) is 1.64. The highest BCUT2D eigenvalue weighted by molar-refractivity contribution is 6.30. The number of halogens is 1. The number of hydrogen-bond acceptors (Lipinski definition) is 3. The highest BCUT2D eigenvalue weighted by atomic mass is 35.5. The summed E-state index contributed by atoms with van der Waals surface area (Å²) in [6.45, 7) is -0.198. The first-order valence-corrected chi connectivity index (χ1v) is 6.76. The molecule has 0 atom stereocenters. The van der Waals surface area contributed by atoms with Gasteiger partial charge in [0.2, 0.25) is 0 Å². The van der Waals surface area contributed by atoms with E-state index in [1.807, 2.05) is 6.07 Å². The number of Topliss-reactive ketones (excluding diaryl/α,β-unsaturated/α-hetero) is 1. The van der Waals surface area contributed by atoms with Crippen LogP contribution in [0.4, 0.5) is 0 Å². The summed E-state index contributed by atoms with van der Waals surface area (Å²) < 4.78 is 5.28. The van der Waals surface area contributed by atoms with Crippen LogP contribution in [-0.4, -0.2) is 24.8 Å². The lowest BCUT2D eigenvalue weighted by Crippen LogP contribution is -2.33. The van der Waals surface area contributed by atoms with Gasteiger partial charge in [0.1, 0.15) is 5.75 Å². The molecule has 0 bridgehead atoms. The zero-order chi connectivity index (χ0) is 15.1. The highest BCUT2D eigenvalue weighted by Crippen LogP contribution is 2.15. The van der Waals surface area contributed by atoms with Gasteiger partial charge in [-0.15, -0.1) is 0 Å². The van der Waals surface area contributed by atoms with Crippen LogP contribution in [0.5, 0.6) is 5.75 Å². The molecule has 108 valence electrons. The van der Waals surface area contributed by atoms with E-state index in [-0.39, 0.29) is 24.8 Å². The summed E-state index contributed by atoms with van der Waals surface area (Å²) in [5.74, 6) is 0.0496. The zero-order valence-electron chi connectivity index (χ0n) is 11.2. The molecule has 0 aliphatic carbocycles. The monoisotopic (exact) mass is 303 g/mol. The molecule has 0 spiro atoms. The Kier molecular flexibility index (Phi) is 5.35. The minimum Gasteiger partial charge on any atom is -0.484 e. The number of carbonyl (C=O) groups excluding carboxylic acids is 2. The lowest BCUT2D eigenvalue weighted by atomic mass is 10.1. The average molecular weight is 304 g/mol. The van der Waals surface area contributed by atoms with Crippen LogP contribution >= 0.6 is 11.6 Å². The number of ether oxygens (including phenoxy) is 1. The first-order chi connectivity index (χ1) is 10.1. The molecule has 21 heavy (non-hydrogen) atoms. The van der Waals surface area contributed by atoms with Crippen molar-refractivity contribution in [1.82, 2.24) is 5.32 Å². The van der Waals surface area contributed by atoms with Crippen molar-refractivity contribution in [2.75, 3.05) is 13.2 Å². The Hall–Kier alpha value is -2.33. The molecular formula is C16H14ClNO3. The van der Waals surface area contributed by atoms with Gasteiger partial charge in [-0.2, -0.15) is 0 Å². The summed E-state index contributed by atoms with van der Waals surface area (Å²) in [5, 5.41) is 3.12. The Morgan fingerprint density at radius 1 is 1.00 bits per heavy atom. The molecule has 5 heteroatoms. The van der Waals surface area contributed by atoms with Gasteiger partial charge in [0.25, 0.3) is 5.91 Å². The minimum atomic E-state index is -0.353. The SMILES string of the molecule is O=C(COc1ccc(Cl)cc1)NCC(=O)c1ccccc1. The van der Waals surface area contributed by atoms with Crippen molar-refractivity contribution in [1.29, 1.82) is 0 Å². The number of rotatable bonds is 6. The van der Waals surface area contributed by atoms with Crippen molar-refractivity contribution in [3.63, 3.8) is 0 Å². The normalized spacial score (nSPS) is 9.95. The van der Waals surface area contributed by atoms with Gasteiger partial charge in [-0.1, -0.05) is 41.9 Å². The van der Waals surface area contributed by atoms with Crippen LogP contribution in [-0.2, 0) is 4.79 Å². The second-order valence-electron chi connectivity index (χ2n) is 4.31. The van der Waals surface area contributed by atoms with Crippen LogP contribution in [0.3, 0.4) is 0 Å². The number of carbonyl (C=O) groups is 2. The number of nitrogens with one attached hydrogen (secondary N) is 1. The molecule has 0 saturated heterocycles. The van der Waals surface area contributed by atoms with Gasteiger partial charge >= 0.3 is 0 Å². The Morgan fingerprint density at radius 2 is 1.67 bits per heavy atom. The number of amides is 1. The minimum absolute atomic E-state index is 0.0488. The van der Waals surface area contributed by atoms with Crippen molar-refractivity contribution in [2.45, 2.75) is 0 Å². The quantitative estimate of drug-likeness (QED) is 0.835. The molecular weight excluding hydrogens is 290 g/mol. The largest absolute Gasteiger partial charge is 0.484 e. The van der Waals surface area contributed by atoms with Gasteiger partial charge in [0, 0.05) is 10.6 Å². The van der Waals surface area contributed by atoms with Gasteiger partial charge < -0.3 is 10.1 Å². The third-order valence-electron chi connectivity index (χ3n) is 2.73. The van der Waals surface area contributed by atoms with E-state index >= 15 is 0 Å². The third kappa shape index (κ3) is 4.93. The topological polar surface area (TPSA) is 55.4 Å². The van der Waals surface area contributed by atoms with Crippen molar-refractivity contribution in [3.05, 3.63) is 65.2 Å². The molecule has 2 aromatic carbocycles. The van der Waals surface area contributed by atoms with E-state index in [4.69, 9.17) is 16.3 Å². The highest BCUT2D eigenvalue weighted by Gasteiger charge is 2.08. The molecule has 1 amide bonds. The number of ketones is 1. The summed E-state index contributed by atoms with van der Waals surface area (Å²) in [6.07, 6.45) is 0. The predicted molar refractivity (Wildman–Crippen MR) is 80.7 cm³/mol. The van der Waals surface area contributed by atoms with Gasteiger partial charge in [-0.3, -0.25) is 9.59 Å². The third-order valence-corrected chi connectivity index (χ3v) is 2.98. The molecule has 4 nitrogen and oxygen atoms in total. The average Bonchev–Trinajstić information content (AvgIpc) is 2.53. The molecule has 1 N–H and O–H groups in total. The summed E-state index contributed by atoms with van der Waals surface area (Å²) >= 11 is 5.74. The second kappa shape index (κ2) is 7.45. The van der Waals surface area contributed by atoms with Crippen LogP contribution in [0.25, 0.3) is 0 Å². The molecule has 2 aromatic rings. The maximum Gasteiger partial charge on any atom is 0.258 e. The predicted octanol–water partition coefficient (Wildman–Crippen LogP) is 2.72. The Balaban J connectivity index is 1.75. The Labute approximate surface area is 127 Å². The second-order valence-corrected chi connectivity index (χ2v) is 4.74. The molecule has 0 aromatic heterocycles. The van der Waals surface area contributed by atoms with E-state index in [9.17, 15) is 9.59 Å². The van der Waals surface area contributed by atoms with Crippen molar-refractivity contribution >= 4 is 23.3 Å². The first kappa shape index (κ1) is 15.1. The maximum atomic E-state index is 11.8. The molecule has 0 saturated carbocycles. The fraction of sp³-hybridized carbons (Fsp3) is 0.125. The molecule has 0 unspecified atom stereocenters. The molecule has 0 aliphatic rings. The van der Waals surface area contributed by atoms with E-state index in [0.29, 0.717) is 16.3 Å². The maximum absolute atomic E-state index is 11.8. The van der Waals surface area contributed by atoms with Gasteiger partial charge in [-0.05, 0) is 24.3 Å². The van der Waals surface area contributed by atoms with Crippen molar-refractivity contribution < 1.29 is 14.3 Å². The Bertz CT molecular complexity index is 611. The van der Waals surface area contributed by atoms with E-state index in [2.05, 4.69) is 5.32 Å². The van der Waals surface area contributed by atoms with Crippen LogP contribution in [0.1, 0.15) is 10.4 Å². The molecule has 0 fully saturated rings. The Morgan fingerprint density at radius 3 is 2.33 bits per heavy atom. The summed E-state index contributed by atoms with van der Waals surface area (Å²) in [7, 11) is 0. The van der Waals surface area contributed by atoms with Gasteiger partial charge in [-0.25, -0.2) is 0 Å². The van der Waals surface area contributed by atoms with Gasteiger partial charge in [0.05, 0.1) is 6.54 Å². The van der Waals surface area contributed by atoms with Crippen molar-refractivity contribution in [2.24, 2.45) is 0 Å². The van der Waals surface area contributed by atoms with Crippen LogP contribution < -0.4 is 10.1 Å². The number of hydrogen-bond donors (Lipinski definition) is 1. The molecule has 2 rings (SSSR count). The van der Waals surface area contributed by atoms with E-state index < -0.39 is 0 Å². The first-order valence-electron chi connectivity index (χ1n) is 6.38. The lowest BCUT2D eigenvalue weighted by molar-refractivity contribution is -0.122. The summed E-state index contributed by atoms with van der Waals surface area (Å²) in [4.78, 5) is 23.4. The number of benzene rings is 2. The van der Waals surface area contributed by atoms with Crippen LogP contribution in [0.15, 0.2) is 54.6 Å². The smallest absolute Gasteiger partial charge is 0.258 e. The van der Waals surface area contributed by atoms with Crippen LogP contribution in [0, 0.1) is 0 Å². The molecule has 0 aliphatic heterocycles. The van der Waals surface area contributed by atoms with Gasteiger partial charge in [0.15, 0.2) is 12.4 Å². The van der Waals surface area contributed by atoms with Crippen molar-refractivity contribution in [3.8, 4) is 5.75 Å². The zero-order valence-corrected chi connectivity index (χ0v) is 12.0. The standard InChI is InChI=1S/C16H14ClNO3/c17-13-6-8-14(9-7-13)21-11-16(20)18-10-15(19)12-4-2-1-3-5-12/h1-9H,10-11H2,(H,18,20). The van der Waals surface area contributed by atoms with E-state index in [1.165, 1.54) is 0 Å². The molecule has 0 radical (unpaired) electrons. The van der Waals surface area contributed by atoms with E-state index in [1.54, 1.807) is 48.5 Å². The molecule has 0 heterocycles.